The normalized spacial score (nSPS) is 15.4. The van der Waals surface area contributed by atoms with Crippen molar-refractivity contribution < 1.29 is 31.1 Å². The third kappa shape index (κ3) is 5.07. The Labute approximate surface area is 187 Å². The highest BCUT2D eigenvalue weighted by Gasteiger charge is 2.30. The molecule has 0 atom stereocenters. The summed E-state index contributed by atoms with van der Waals surface area (Å²) in [6.45, 7) is 1.27. The van der Waals surface area contributed by atoms with Crippen molar-refractivity contribution in [2.75, 3.05) is 31.6 Å². The predicted molar refractivity (Wildman–Crippen MR) is 113 cm³/mol. The lowest BCUT2D eigenvalue weighted by atomic mass is 10.2. The number of nitrogens with one attached hydrogen (secondary N) is 1. The second kappa shape index (κ2) is 8.96. The second-order valence-corrected chi connectivity index (χ2v) is 9.15. The summed E-state index contributed by atoms with van der Waals surface area (Å²) in [4.78, 5) is 16.5. The van der Waals surface area contributed by atoms with E-state index in [0.717, 1.165) is 12.1 Å². The lowest BCUT2D eigenvalue weighted by molar-refractivity contribution is -0.137. The Bertz CT molecular complexity index is 1250. The van der Waals surface area contributed by atoms with E-state index in [1.807, 2.05) is 0 Å². The van der Waals surface area contributed by atoms with Crippen LogP contribution in [0.2, 0.25) is 0 Å². The van der Waals surface area contributed by atoms with Gasteiger partial charge in [0.15, 0.2) is 0 Å². The molecule has 0 unspecified atom stereocenters. The van der Waals surface area contributed by atoms with Gasteiger partial charge in [-0.15, -0.1) is 0 Å². The monoisotopic (exact) mass is 480 g/mol. The molecule has 174 valence electrons. The van der Waals surface area contributed by atoms with Gasteiger partial charge in [0.25, 0.3) is 5.91 Å². The first-order valence-electron chi connectivity index (χ1n) is 9.85. The van der Waals surface area contributed by atoms with Crippen molar-refractivity contribution in [1.29, 1.82) is 0 Å². The molecule has 3 aromatic rings. The molecule has 0 saturated carbocycles. The molecule has 0 bridgehead atoms. The Balaban J connectivity index is 1.47. The van der Waals surface area contributed by atoms with Crippen LogP contribution in [0, 0.1) is 0 Å². The van der Waals surface area contributed by atoms with Crippen LogP contribution in [0.15, 0.2) is 66.0 Å². The number of rotatable bonds is 5. The first-order valence-corrected chi connectivity index (χ1v) is 11.3. The standard InChI is InChI=1S/C21H19F3N4O4S/c22-21(23,24)15-2-1-3-16(12-15)26-20(29)19-13-27(14-25-19)17-4-6-18(7-5-17)33(30,31)28-8-10-32-11-9-28/h1-7,12-14H,8-11H2,(H,26,29). The van der Waals surface area contributed by atoms with Crippen molar-refractivity contribution >= 4 is 21.6 Å². The van der Waals surface area contributed by atoms with Crippen LogP contribution in [0.5, 0.6) is 0 Å². The number of ether oxygens (including phenoxy) is 1. The molecule has 8 nitrogen and oxygen atoms in total. The lowest BCUT2D eigenvalue weighted by Gasteiger charge is -2.26. The van der Waals surface area contributed by atoms with E-state index in [1.54, 1.807) is 12.1 Å². The number of alkyl halides is 3. The van der Waals surface area contributed by atoms with Crippen molar-refractivity contribution in [3.63, 3.8) is 0 Å². The fraction of sp³-hybridized carbons (Fsp3) is 0.238. The lowest BCUT2D eigenvalue weighted by Crippen LogP contribution is -2.40. The number of hydrogen-bond acceptors (Lipinski definition) is 5. The quantitative estimate of drug-likeness (QED) is 0.606. The van der Waals surface area contributed by atoms with Crippen LogP contribution in [0.4, 0.5) is 18.9 Å². The summed E-state index contributed by atoms with van der Waals surface area (Å²) in [6.07, 6.45) is -1.77. The zero-order valence-electron chi connectivity index (χ0n) is 17.1. The summed E-state index contributed by atoms with van der Waals surface area (Å²) < 4.78 is 72.0. The van der Waals surface area contributed by atoms with Crippen molar-refractivity contribution in [3.05, 3.63) is 72.3 Å². The van der Waals surface area contributed by atoms with Gasteiger partial charge in [-0.05, 0) is 42.5 Å². The topological polar surface area (TPSA) is 93.5 Å². The number of sulfonamides is 1. The summed E-state index contributed by atoms with van der Waals surface area (Å²) in [5, 5.41) is 2.39. The van der Waals surface area contributed by atoms with Crippen molar-refractivity contribution in [2.45, 2.75) is 11.1 Å². The number of halogens is 3. The van der Waals surface area contributed by atoms with Crippen molar-refractivity contribution in [2.24, 2.45) is 0 Å². The molecule has 0 aliphatic carbocycles. The minimum Gasteiger partial charge on any atom is -0.379 e. The zero-order chi connectivity index (χ0) is 23.6. The highest BCUT2D eigenvalue weighted by molar-refractivity contribution is 7.89. The van der Waals surface area contributed by atoms with Crippen LogP contribution >= 0.6 is 0 Å². The Kier molecular flexibility index (Phi) is 6.23. The Morgan fingerprint density at radius 1 is 1.06 bits per heavy atom. The number of anilines is 1. The fourth-order valence-corrected chi connectivity index (χ4v) is 4.68. The predicted octanol–water partition coefficient (Wildman–Crippen LogP) is 3.16. The molecule has 1 amide bonds. The van der Waals surface area contributed by atoms with Crippen LogP contribution in [0.1, 0.15) is 16.1 Å². The molecule has 1 aliphatic rings. The van der Waals surface area contributed by atoms with Crippen molar-refractivity contribution in [3.8, 4) is 5.69 Å². The Hall–Kier alpha value is -3.22. The summed E-state index contributed by atoms with van der Waals surface area (Å²) in [5.41, 5.74) is -0.348. The first-order chi connectivity index (χ1) is 15.6. The number of carbonyl (C=O) groups excluding carboxylic acids is 1. The summed E-state index contributed by atoms with van der Waals surface area (Å²) in [7, 11) is -3.63. The molecule has 4 rings (SSSR count). The Morgan fingerprint density at radius 3 is 2.42 bits per heavy atom. The molecule has 0 radical (unpaired) electrons. The molecule has 1 N–H and O–H groups in total. The van der Waals surface area contributed by atoms with Crippen LogP contribution in [0.3, 0.4) is 0 Å². The van der Waals surface area contributed by atoms with E-state index in [1.165, 1.54) is 45.7 Å². The number of aromatic nitrogens is 2. The van der Waals surface area contributed by atoms with Gasteiger partial charge in [-0.25, -0.2) is 13.4 Å². The number of nitrogens with zero attached hydrogens (tertiary/aromatic N) is 3. The average Bonchev–Trinajstić information content (AvgIpc) is 3.30. The van der Waals surface area contributed by atoms with E-state index in [-0.39, 0.29) is 29.4 Å². The van der Waals surface area contributed by atoms with Gasteiger partial charge < -0.3 is 14.6 Å². The van der Waals surface area contributed by atoms with E-state index in [9.17, 15) is 26.4 Å². The maximum Gasteiger partial charge on any atom is 0.416 e. The maximum absolute atomic E-state index is 12.9. The molecule has 2 aromatic carbocycles. The van der Waals surface area contributed by atoms with Gasteiger partial charge in [0.2, 0.25) is 10.0 Å². The van der Waals surface area contributed by atoms with Gasteiger partial charge >= 0.3 is 6.18 Å². The van der Waals surface area contributed by atoms with Gasteiger partial charge in [-0.3, -0.25) is 4.79 Å². The van der Waals surface area contributed by atoms with E-state index in [4.69, 9.17) is 4.74 Å². The number of carbonyl (C=O) groups is 1. The van der Waals surface area contributed by atoms with Crippen LogP contribution in [-0.4, -0.2) is 54.5 Å². The average molecular weight is 480 g/mol. The molecule has 1 aromatic heterocycles. The molecule has 1 saturated heterocycles. The number of hydrogen-bond donors (Lipinski definition) is 1. The summed E-state index contributed by atoms with van der Waals surface area (Å²) >= 11 is 0. The molecular formula is C21H19F3N4O4S. The molecule has 33 heavy (non-hydrogen) atoms. The SMILES string of the molecule is O=C(Nc1cccc(C(F)(F)F)c1)c1cn(-c2ccc(S(=O)(=O)N3CCOCC3)cc2)cn1. The third-order valence-electron chi connectivity index (χ3n) is 5.01. The van der Waals surface area contributed by atoms with Gasteiger partial charge in [0.05, 0.1) is 23.7 Å². The van der Waals surface area contributed by atoms with Crippen molar-refractivity contribution in [1.82, 2.24) is 13.9 Å². The molecule has 1 fully saturated rings. The molecule has 0 spiro atoms. The van der Waals surface area contributed by atoms with E-state index in [0.29, 0.717) is 18.9 Å². The fourth-order valence-electron chi connectivity index (χ4n) is 3.28. The smallest absolute Gasteiger partial charge is 0.379 e. The number of imidazole rings is 1. The van der Waals surface area contributed by atoms with Gasteiger partial charge in [0, 0.05) is 30.7 Å². The minimum atomic E-state index is -4.52. The first kappa shape index (κ1) is 23.0. The highest BCUT2D eigenvalue weighted by Crippen LogP contribution is 2.30. The molecule has 1 aliphatic heterocycles. The molecule has 12 heteroatoms. The van der Waals surface area contributed by atoms with Gasteiger partial charge in [-0.1, -0.05) is 6.07 Å². The second-order valence-electron chi connectivity index (χ2n) is 7.21. The number of amides is 1. The maximum atomic E-state index is 12.9. The van der Waals surface area contributed by atoms with Crippen LogP contribution in [-0.2, 0) is 20.9 Å². The zero-order valence-corrected chi connectivity index (χ0v) is 17.9. The minimum absolute atomic E-state index is 0.0120. The summed E-state index contributed by atoms with van der Waals surface area (Å²) in [6, 6.07) is 10.4. The third-order valence-corrected chi connectivity index (χ3v) is 6.92. The van der Waals surface area contributed by atoms with Gasteiger partial charge in [-0.2, -0.15) is 17.5 Å². The molecule has 2 heterocycles. The molecular weight excluding hydrogens is 461 g/mol. The van der Waals surface area contributed by atoms with Crippen LogP contribution < -0.4 is 5.32 Å². The summed E-state index contributed by atoms with van der Waals surface area (Å²) in [5.74, 6) is -0.681. The van der Waals surface area contributed by atoms with Gasteiger partial charge in [0.1, 0.15) is 12.0 Å². The van der Waals surface area contributed by atoms with Crippen LogP contribution in [0.25, 0.3) is 5.69 Å². The van der Waals surface area contributed by atoms with E-state index < -0.39 is 27.7 Å². The number of benzene rings is 2. The number of morpholine rings is 1. The Morgan fingerprint density at radius 2 is 1.76 bits per heavy atom. The highest BCUT2D eigenvalue weighted by atomic mass is 32.2. The largest absolute Gasteiger partial charge is 0.416 e. The van der Waals surface area contributed by atoms with E-state index >= 15 is 0 Å². The van der Waals surface area contributed by atoms with E-state index in [2.05, 4.69) is 10.3 Å².